The molecule has 0 aliphatic carbocycles. The van der Waals surface area contributed by atoms with Crippen molar-refractivity contribution < 1.29 is 4.42 Å². The average molecular weight is 745 g/mol. The van der Waals surface area contributed by atoms with Crippen molar-refractivity contribution in [1.82, 2.24) is 4.98 Å². The van der Waals surface area contributed by atoms with Gasteiger partial charge in [0.1, 0.15) is 11.2 Å². The van der Waals surface area contributed by atoms with Crippen LogP contribution in [0.4, 0.5) is 0 Å². The summed E-state index contributed by atoms with van der Waals surface area (Å²) in [6, 6.07) is 66.9. The van der Waals surface area contributed by atoms with Crippen LogP contribution in [0.3, 0.4) is 0 Å². The summed E-state index contributed by atoms with van der Waals surface area (Å²) >= 11 is 0. The van der Waals surface area contributed by atoms with Gasteiger partial charge < -0.3 is 4.42 Å². The molecule has 0 N–H and O–H groups in total. The molecule has 0 atom stereocenters. The topological polar surface area (TPSA) is 63.1 Å². The number of rotatable bonds is 7. The first kappa shape index (κ1) is 34.7. The molecule has 8 aromatic carbocycles. The monoisotopic (exact) mass is 744 g/mol. The Morgan fingerprint density at radius 1 is 0.500 bits per heavy atom. The maximum absolute atomic E-state index is 6.25. The minimum atomic E-state index is 0.437. The van der Waals surface area contributed by atoms with E-state index in [0.717, 1.165) is 93.8 Å². The van der Waals surface area contributed by atoms with Gasteiger partial charge in [0, 0.05) is 32.8 Å². The van der Waals surface area contributed by atoms with Crippen LogP contribution in [-0.4, -0.2) is 23.4 Å². The first-order valence-electron chi connectivity index (χ1n) is 19.3. The Balaban J connectivity index is 1.27. The van der Waals surface area contributed by atoms with E-state index in [4.69, 9.17) is 19.4 Å². The molecular formula is C53H36N4O. The molecule has 0 unspecified atom stereocenters. The molecule has 0 saturated carbocycles. The normalized spacial score (nSPS) is 12.1. The van der Waals surface area contributed by atoms with Crippen molar-refractivity contribution in [2.24, 2.45) is 15.0 Å². The maximum atomic E-state index is 6.25. The van der Waals surface area contributed by atoms with E-state index in [2.05, 4.69) is 139 Å². The van der Waals surface area contributed by atoms with Crippen LogP contribution in [0.5, 0.6) is 0 Å². The highest BCUT2D eigenvalue weighted by Crippen LogP contribution is 2.40. The van der Waals surface area contributed by atoms with Gasteiger partial charge in [0.25, 0.3) is 0 Å². The smallest absolute Gasteiger partial charge is 0.161 e. The number of hydrogen-bond donors (Lipinski definition) is 0. The zero-order valence-corrected chi connectivity index (χ0v) is 31.6. The lowest BCUT2D eigenvalue weighted by molar-refractivity contribution is 0.669. The summed E-state index contributed by atoms with van der Waals surface area (Å²) in [6.45, 7) is 4.37. The van der Waals surface area contributed by atoms with Crippen molar-refractivity contribution in [1.29, 1.82) is 0 Å². The van der Waals surface area contributed by atoms with Gasteiger partial charge in [-0.15, -0.1) is 0 Å². The van der Waals surface area contributed by atoms with Gasteiger partial charge in [-0.1, -0.05) is 146 Å². The van der Waals surface area contributed by atoms with Gasteiger partial charge in [0.15, 0.2) is 11.7 Å². The van der Waals surface area contributed by atoms with Crippen molar-refractivity contribution in [3.63, 3.8) is 0 Å². The van der Waals surface area contributed by atoms with Crippen LogP contribution in [0.1, 0.15) is 16.7 Å². The van der Waals surface area contributed by atoms with Gasteiger partial charge in [0.2, 0.25) is 0 Å². The molecule has 0 radical (unpaired) electrons. The van der Waals surface area contributed by atoms with Gasteiger partial charge in [-0.3, -0.25) is 4.99 Å². The van der Waals surface area contributed by atoms with Gasteiger partial charge in [-0.25, -0.2) is 15.0 Å². The fourth-order valence-electron chi connectivity index (χ4n) is 7.80. The number of fused-ring (bicyclic) bond motifs is 6. The third-order valence-electron chi connectivity index (χ3n) is 10.6. The van der Waals surface area contributed by atoms with E-state index in [0.29, 0.717) is 18.2 Å². The molecule has 58 heavy (non-hydrogen) atoms. The summed E-state index contributed by atoms with van der Waals surface area (Å²) in [5, 5.41) is 5.51. The van der Waals surface area contributed by atoms with Crippen LogP contribution in [0, 0.1) is 0 Å². The second kappa shape index (κ2) is 15.1. The van der Waals surface area contributed by atoms with Crippen molar-refractivity contribution in [2.45, 2.75) is 6.54 Å². The molecule has 0 spiro atoms. The lowest BCUT2D eigenvalue weighted by atomic mass is 9.91. The summed E-state index contributed by atoms with van der Waals surface area (Å²) in [6.07, 6.45) is 0. The highest BCUT2D eigenvalue weighted by atomic mass is 16.3. The average Bonchev–Trinajstić information content (AvgIpc) is 3.67. The third kappa shape index (κ3) is 6.65. The Labute approximate surface area is 336 Å². The quantitative estimate of drug-likeness (QED) is 0.0926. The molecule has 10 aromatic rings. The van der Waals surface area contributed by atoms with Crippen molar-refractivity contribution >= 4 is 62.0 Å². The number of benzene rings is 8. The Kier molecular flexibility index (Phi) is 9.01. The molecule has 0 aliphatic heterocycles. The highest BCUT2D eigenvalue weighted by Gasteiger charge is 2.18. The molecule has 274 valence electrons. The summed E-state index contributed by atoms with van der Waals surface area (Å²) in [7, 11) is 0. The van der Waals surface area contributed by atoms with Crippen LogP contribution in [0.25, 0.3) is 77.1 Å². The van der Waals surface area contributed by atoms with Gasteiger partial charge in [-0.2, -0.15) is 0 Å². The van der Waals surface area contributed by atoms with Crippen LogP contribution >= 0.6 is 0 Å². The molecule has 0 amide bonds. The second-order valence-electron chi connectivity index (χ2n) is 14.3. The maximum Gasteiger partial charge on any atom is 0.161 e. The predicted molar refractivity (Wildman–Crippen MR) is 242 cm³/mol. The number of amidine groups is 2. The van der Waals surface area contributed by atoms with Crippen molar-refractivity contribution in [2.75, 3.05) is 0 Å². The van der Waals surface area contributed by atoms with E-state index >= 15 is 0 Å². The van der Waals surface area contributed by atoms with Gasteiger partial charge in [-0.05, 0) is 93.8 Å². The fourth-order valence-corrected chi connectivity index (χ4v) is 7.80. The van der Waals surface area contributed by atoms with Crippen molar-refractivity contribution in [3.8, 4) is 33.5 Å². The van der Waals surface area contributed by atoms with Gasteiger partial charge >= 0.3 is 0 Å². The number of aliphatic imine (C=N–C) groups is 3. The molecule has 5 heteroatoms. The lowest BCUT2D eigenvalue weighted by Gasteiger charge is -2.16. The number of pyridine rings is 1. The molecule has 10 rings (SSSR count). The van der Waals surface area contributed by atoms with Crippen LogP contribution in [0.2, 0.25) is 0 Å². The minimum Gasteiger partial charge on any atom is -0.456 e. The minimum absolute atomic E-state index is 0.437. The second-order valence-corrected chi connectivity index (χ2v) is 14.3. The number of furan rings is 1. The number of nitrogens with zero attached hydrogens (tertiary/aromatic N) is 4. The Morgan fingerprint density at radius 2 is 1.19 bits per heavy atom. The van der Waals surface area contributed by atoms with E-state index in [1.807, 2.05) is 66.7 Å². The summed E-state index contributed by atoms with van der Waals surface area (Å²) < 4.78 is 6.25. The SMILES string of the molecule is C=NC(=NC(=NCc1ccccc1)c1cc(-c2ccc3oc4ccccc4c3c2)cc(-c2cc(-c3ccccc3)nc3ccc4ccccc4c23)c1)c1ccccc1. The Bertz CT molecular complexity index is 3200. The molecule has 0 aliphatic rings. The molecule has 2 heterocycles. The molecule has 0 fully saturated rings. The lowest BCUT2D eigenvalue weighted by Crippen LogP contribution is -2.06. The largest absolute Gasteiger partial charge is 0.456 e. The van der Waals surface area contributed by atoms with Gasteiger partial charge in [0.05, 0.1) is 17.8 Å². The molecular weight excluding hydrogens is 709 g/mol. The standard InChI is InChI=1S/C53H36N4O/c1-54-52(38-20-9-4-10-21-38)57-53(55-34-35-15-5-2-6-16-35)42-30-40(39-26-28-50-46(32-39)44-23-13-14-24-49(44)58-50)29-41(31-42)45-33-48(37-18-7-3-8-19-37)56-47-27-25-36-17-11-12-22-43(36)51(45)47/h2-33H,1,34H2. The third-order valence-corrected chi connectivity index (χ3v) is 10.6. The summed E-state index contributed by atoms with van der Waals surface area (Å²) in [4.78, 5) is 20.1. The Hall–Kier alpha value is -7.76. The zero-order chi connectivity index (χ0) is 38.8. The Morgan fingerprint density at radius 3 is 2.00 bits per heavy atom. The first-order valence-corrected chi connectivity index (χ1v) is 19.3. The summed E-state index contributed by atoms with van der Waals surface area (Å²) in [5.41, 5.74) is 11.5. The molecule has 0 saturated heterocycles. The predicted octanol–water partition coefficient (Wildman–Crippen LogP) is 13.4. The van der Waals surface area contributed by atoms with E-state index in [1.54, 1.807) is 0 Å². The van der Waals surface area contributed by atoms with E-state index in [1.165, 1.54) is 0 Å². The van der Waals surface area contributed by atoms with Crippen molar-refractivity contribution in [3.05, 3.63) is 211 Å². The number of hydrogen-bond acceptors (Lipinski definition) is 3. The zero-order valence-electron chi connectivity index (χ0n) is 31.6. The number of aromatic nitrogens is 1. The fraction of sp³-hybridized carbons (Fsp3) is 0.0189. The van der Waals surface area contributed by atoms with E-state index < -0.39 is 0 Å². The summed E-state index contributed by atoms with van der Waals surface area (Å²) in [5.74, 6) is 1.05. The molecule has 5 nitrogen and oxygen atoms in total. The van der Waals surface area contributed by atoms with Crippen LogP contribution in [0.15, 0.2) is 214 Å². The number of para-hydroxylation sites is 1. The van der Waals surface area contributed by atoms with Crippen LogP contribution in [-0.2, 0) is 6.54 Å². The molecule has 0 bridgehead atoms. The highest BCUT2D eigenvalue weighted by molar-refractivity contribution is 6.16. The van der Waals surface area contributed by atoms with E-state index in [-0.39, 0.29) is 0 Å². The van der Waals surface area contributed by atoms with Crippen LogP contribution < -0.4 is 0 Å². The first-order chi connectivity index (χ1) is 28.7. The van der Waals surface area contributed by atoms with E-state index in [9.17, 15) is 0 Å². The molecule has 2 aromatic heterocycles.